The average molecular weight is 209 g/mol. The van der Waals surface area contributed by atoms with Gasteiger partial charge in [0.25, 0.3) is 0 Å². The molecule has 0 aliphatic carbocycles. The molecule has 3 N–H and O–H groups in total. The summed E-state index contributed by atoms with van der Waals surface area (Å²) >= 11 is 0. The van der Waals surface area contributed by atoms with Crippen molar-refractivity contribution < 1.29 is 0 Å². The first-order valence-corrected chi connectivity index (χ1v) is 5.99. The van der Waals surface area contributed by atoms with Crippen LogP contribution in [0.3, 0.4) is 0 Å². The lowest BCUT2D eigenvalue weighted by atomic mass is 10.0. The normalized spacial score (nSPS) is 13.1. The zero-order chi connectivity index (χ0) is 11.3. The van der Waals surface area contributed by atoms with Crippen molar-refractivity contribution >= 4 is 0 Å². The standard InChI is InChI=1S/C12H23N3/c1-4-6-10-11(5-2)14-15-12(10)8-7-9(3)13/h9H,4-8,13H2,1-3H3,(H,14,15). The molecule has 0 aliphatic heterocycles. The van der Waals surface area contributed by atoms with E-state index in [9.17, 15) is 0 Å². The van der Waals surface area contributed by atoms with Gasteiger partial charge in [-0.1, -0.05) is 20.3 Å². The number of aromatic amines is 1. The minimum absolute atomic E-state index is 0.271. The van der Waals surface area contributed by atoms with Gasteiger partial charge in [0.15, 0.2) is 0 Å². The lowest BCUT2D eigenvalue weighted by Gasteiger charge is -2.06. The van der Waals surface area contributed by atoms with E-state index in [2.05, 4.69) is 31.0 Å². The van der Waals surface area contributed by atoms with Gasteiger partial charge in [0.2, 0.25) is 0 Å². The van der Waals surface area contributed by atoms with Gasteiger partial charge in [0, 0.05) is 11.7 Å². The van der Waals surface area contributed by atoms with Crippen molar-refractivity contribution in [1.82, 2.24) is 10.2 Å². The van der Waals surface area contributed by atoms with Gasteiger partial charge < -0.3 is 5.73 Å². The van der Waals surface area contributed by atoms with Crippen LogP contribution in [0, 0.1) is 0 Å². The largest absolute Gasteiger partial charge is 0.328 e. The highest BCUT2D eigenvalue weighted by molar-refractivity contribution is 5.25. The maximum Gasteiger partial charge on any atom is 0.0654 e. The van der Waals surface area contributed by atoms with Crippen molar-refractivity contribution in [2.75, 3.05) is 0 Å². The minimum Gasteiger partial charge on any atom is -0.328 e. The first-order chi connectivity index (χ1) is 7.19. The maximum atomic E-state index is 5.77. The molecule has 1 unspecified atom stereocenters. The lowest BCUT2D eigenvalue weighted by Crippen LogP contribution is -2.15. The van der Waals surface area contributed by atoms with Crippen LogP contribution in [0.25, 0.3) is 0 Å². The second-order valence-electron chi connectivity index (χ2n) is 4.25. The molecule has 1 atom stereocenters. The third-order valence-electron chi connectivity index (χ3n) is 2.72. The summed E-state index contributed by atoms with van der Waals surface area (Å²) in [7, 11) is 0. The van der Waals surface area contributed by atoms with Crippen molar-refractivity contribution in [3.63, 3.8) is 0 Å². The molecule has 0 amide bonds. The minimum atomic E-state index is 0.271. The van der Waals surface area contributed by atoms with Crippen molar-refractivity contribution in [3.8, 4) is 0 Å². The van der Waals surface area contributed by atoms with Crippen LogP contribution in [0.15, 0.2) is 0 Å². The van der Waals surface area contributed by atoms with E-state index in [1.807, 2.05) is 0 Å². The Morgan fingerprint density at radius 3 is 2.60 bits per heavy atom. The van der Waals surface area contributed by atoms with Crippen LogP contribution in [0.2, 0.25) is 0 Å². The van der Waals surface area contributed by atoms with Gasteiger partial charge in [-0.2, -0.15) is 5.10 Å². The predicted molar refractivity (Wildman–Crippen MR) is 63.9 cm³/mol. The molecule has 0 aromatic carbocycles. The van der Waals surface area contributed by atoms with Crippen molar-refractivity contribution in [3.05, 3.63) is 17.0 Å². The topological polar surface area (TPSA) is 54.7 Å². The number of aryl methyl sites for hydroxylation is 2. The zero-order valence-electron chi connectivity index (χ0n) is 10.1. The van der Waals surface area contributed by atoms with Crippen LogP contribution < -0.4 is 5.73 Å². The number of nitrogens with two attached hydrogens (primary N) is 1. The molecule has 1 aromatic heterocycles. The molecule has 3 nitrogen and oxygen atoms in total. The number of nitrogens with zero attached hydrogens (tertiary/aromatic N) is 1. The van der Waals surface area contributed by atoms with Gasteiger partial charge in [-0.25, -0.2) is 0 Å². The summed E-state index contributed by atoms with van der Waals surface area (Å²) in [4.78, 5) is 0. The number of rotatable bonds is 6. The molecule has 3 heteroatoms. The number of hydrogen-bond donors (Lipinski definition) is 2. The Morgan fingerprint density at radius 2 is 2.07 bits per heavy atom. The van der Waals surface area contributed by atoms with E-state index in [4.69, 9.17) is 5.73 Å². The molecule has 0 spiro atoms. The van der Waals surface area contributed by atoms with Gasteiger partial charge in [0.05, 0.1) is 5.69 Å². The summed E-state index contributed by atoms with van der Waals surface area (Å²) in [5.41, 5.74) is 9.73. The molecule has 86 valence electrons. The summed E-state index contributed by atoms with van der Waals surface area (Å²) in [6.07, 6.45) is 5.39. The Balaban J connectivity index is 2.72. The van der Waals surface area contributed by atoms with E-state index in [0.717, 1.165) is 25.7 Å². The Hall–Kier alpha value is -0.830. The first-order valence-electron chi connectivity index (χ1n) is 5.99. The molecule has 1 heterocycles. The fourth-order valence-electron chi connectivity index (χ4n) is 1.86. The fraction of sp³-hybridized carbons (Fsp3) is 0.750. The van der Waals surface area contributed by atoms with E-state index < -0.39 is 0 Å². The highest BCUT2D eigenvalue weighted by atomic mass is 15.1. The fourth-order valence-corrected chi connectivity index (χ4v) is 1.86. The van der Waals surface area contributed by atoms with Crippen LogP contribution in [0.1, 0.15) is 50.6 Å². The quantitative estimate of drug-likeness (QED) is 0.754. The SMILES string of the molecule is CCCc1c(CC)n[nH]c1CCC(C)N. The van der Waals surface area contributed by atoms with Crippen molar-refractivity contribution in [2.45, 2.75) is 58.9 Å². The molecule has 1 aromatic rings. The Kier molecular flexibility index (Phi) is 4.82. The summed E-state index contributed by atoms with van der Waals surface area (Å²) in [6, 6.07) is 0.271. The predicted octanol–water partition coefficient (Wildman–Crippen LogP) is 2.20. The monoisotopic (exact) mass is 209 g/mol. The Labute approximate surface area is 92.5 Å². The maximum absolute atomic E-state index is 5.77. The summed E-state index contributed by atoms with van der Waals surface area (Å²) in [6.45, 7) is 6.42. The van der Waals surface area contributed by atoms with Gasteiger partial charge >= 0.3 is 0 Å². The summed E-state index contributed by atoms with van der Waals surface area (Å²) in [5, 5.41) is 7.53. The third-order valence-corrected chi connectivity index (χ3v) is 2.72. The van der Waals surface area contributed by atoms with Crippen LogP contribution in [-0.2, 0) is 19.3 Å². The van der Waals surface area contributed by atoms with Crippen LogP contribution in [0.4, 0.5) is 0 Å². The summed E-state index contributed by atoms with van der Waals surface area (Å²) in [5.74, 6) is 0. The molecule has 0 radical (unpaired) electrons. The molecule has 0 saturated carbocycles. The van der Waals surface area contributed by atoms with Crippen molar-refractivity contribution in [2.24, 2.45) is 5.73 Å². The molecule has 0 aliphatic rings. The highest BCUT2D eigenvalue weighted by Crippen LogP contribution is 2.16. The number of nitrogens with one attached hydrogen (secondary N) is 1. The van der Waals surface area contributed by atoms with E-state index >= 15 is 0 Å². The van der Waals surface area contributed by atoms with Crippen LogP contribution >= 0.6 is 0 Å². The molecular formula is C12H23N3. The van der Waals surface area contributed by atoms with Crippen molar-refractivity contribution in [1.29, 1.82) is 0 Å². The van der Waals surface area contributed by atoms with Gasteiger partial charge in [-0.15, -0.1) is 0 Å². The first kappa shape index (κ1) is 12.2. The molecular weight excluding hydrogens is 186 g/mol. The number of aromatic nitrogens is 2. The molecule has 0 bridgehead atoms. The number of hydrogen-bond acceptors (Lipinski definition) is 2. The zero-order valence-corrected chi connectivity index (χ0v) is 10.1. The van der Waals surface area contributed by atoms with E-state index in [0.29, 0.717) is 0 Å². The molecule has 0 fully saturated rings. The average Bonchev–Trinajstić information content (AvgIpc) is 2.58. The summed E-state index contributed by atoms with van der Waals surface area (Å²) < 4.78 is 0. The molecule has 1 rings (SSSR count). The molecule has 15 heavy (non-hydrogen) atoms. The van der Waals surface area contributed by atoms with Gasteiger partial charge in [-0.3, -0.25) is 5.10 Å². The van der Waals surface area contributed by atoms with Gasteiger partial charge in [0.1, 0.15) is 0 Å². The van der Waals surface area contributed by atoms with Crippen LogP contribution in [0.5, 0.6) is 0 Å². The smallest absolute Gasteiger partial charge is 0.0654 e. The molecule has 0 saturated heterocycles. The van der Waals surface area contributed by atoms with Crippen LogP contribution in [-0.4, -0.2) is 16.2 Å². The number of H-pyrrole nitrogens is 1. The second kappa shape index (κ2) is 5.91. The van der Waals surface area contributed by atoms with E-state index in [1.54, 1.807) is 0 Å². The highest BCUT2D eigenvalue weighted by Gasteiger charge is 2.10. The lowest BCUT2D eigenvalue weighted by molar-refractivity contribution is 0.653. The Bertz CT molecular complexity index is 289. The van der Waals surface area contributed by atoms with E-state index in [-0.39, 0.29) is 6.04 Å². The Morgan fingerprint density at radius 1 is 1.33 bits per heavy atom. The third kappa shape index (κ3) is 3.34. The van der Waals surface area contributed by atoms with E-state index in [1.165, 1.54) is 23.4 Å². The van der Waals surface area contributed by atoms with Gasteiger partial charge in [-0.05, 0) is 38.2 Å². The second-order valence-corrected chi connectivity index (χ2v) is 4.25.